The summed E-state index contributed by atoms with van der Waals surface area (Å²) in [4.78, 5) is 18.4. The molecule has 1 heterocycles. The molecular formula is C27H38N2O2S. The number of carbonyl (C=O) groups is 1. The summed E-state index contributed by atoms with van der Waals surface area (Å²) in [6, 6.07) is 13.7. The summed E-state index contributed by atoms with van der Waals surface area (Å²) in [6.45, 7) is 9.47. The van der Waals surface area contributed by atoms with Gasteiger partial charge >= 0.3 is 5.97 Å². The third-order valence-corrected chi connectivity index (χ3v) is 11.6. The third kappa shape index (κ3) is 4.03. The Balaban J connectivity index is 2.42. The molecule has 1 aliphatic rings. The van der Waals surface area contributed by atoms with Crippen molar-refractivity contribution in [2.75, 3.05) is 38.0 Å². The fourth-order valence-electron chi connectivity index (χ4n) is 4.97. The second kappa shape index (κ2) is 9.22. The maximum absolute atomic E-state index is 11.2. The number of rotatable bonds is 7. The first kappa shape index (κ1) is 24.2. The number of benzene rings is 2. The molecule has 0 aromatic heterocycles. The summed E-state index contributed by atoms with van der Waals surface area (Å²) in [6.07, 6.45) is 2.81. The van der Waals surface area contributed by atoms with Crippen LogP contribution in [0.4, 0.5) is 11.4 Å². The molecule has 0 unspecified atom stereocenters. The van der Waals surface area contributed by atoms with Gasteiger partial charge in [-0.1, -0.05) is 45.9 Å². The monoisotopic (exact) mass is 454 g/mol. The van der Waals surface area contributed by atoms with Crippen molar-refractivity contribution < 1.29 is 9.90 Å². The number of aliphatic carboxylic acids is 1. The first-order chi connectivity index (χ1) is 15.0. The van der Waals surface area contributed by atoms with Gasteiger partial charge in [-0.15, -0.1) is 0 Å². The number of carboxylic acid groups (broad SMARTS) is 1. The van der Waals surface area contributed by atoms with Crippen LogP contribution in [0, 0.1) is 0 Å². The highest BCUT2D eigenvalue weighted by molar-refractivity contribution is 8.34. The summed E-state index contributed by atoms with van der Waals surface area (Å²) < 4.78 is 0. The zero-order valence-corrected chi connectivity index (χ0v) is 21.6. The number of hydrogen-bond donors (Lipinski definition) is 1. The summed E-state index contributed by atoms with van der Waals surface area (Å²) in [5.74, 6) is -0.756. The molecule has 0 saturated carbocycles. The van der Waals surface area contributed by atoms with Gasteiger partial charge in [0.1, 0.15) is 0 Å². The zero-order chi connectivity index (χ0) is 23.8. The maximum Gasteiger partial charge on any atom is 0.303 e. The molecule has 32 heavy (non-hydrogen) atoms. The van der Waals surface area contributed by atoms with Crippen molar-refractivity contribution in [3.8, 4) is 0 Å². The molecular weight excluding hydrogens is 416 g/mol. The second-order valence-electron chi connectivity index (χ2n) is 9.51. The predicted octanol–water partition coefficient (Wildman–Crippen LogP) is 6.47. The van der Waals surface area contributed by atoms with E-state index >= 15 is 0 Å². The quantitative estimate of drug-likeness (QED) is 0.521. The van der Waals surface area contributed by atoms with Gasteiger partial charge in [-0.2, -0.15) is 10.0 Å². The Labute approximate surface area is 195 Å². The molecule has 0 saturated heterocycles. The average molecular weight is 455 g/mol. The van der Waals surface area contributed by atoms with Gasteiger partial charge in [0, 0.05) is 55.8 Å². The summed E-state index contributed by atoms with van der Waals surface area (Å²) in [5.41, 5.74) is 6.13. The number of fused-ring (bicyclic) bond motifs is 2. The molecule has 4 nitrogen and oxygen atoms in total. The molecule has 3 rings (SSSR count). The highest BCUT2D eigenvalue weighted by atomic mass is 32.3. The van der Waals surface area contributed by atoms with Crippen molar-refractivity contribution in [1.82, 2.24) is 0 Å². The lowest BCUT2D eigenvalue weighted by Crippen LogP contribution is -2.27. The van der Waals surface area contributed by atoms with Crippen molar-refractivity contribution in [3.05, 3.63) is 53.6 Å². The summed E-state index contributed by atoms with van der Waals surface area (Å²) in [5, 5.41) is 10.2. The molecule has 1 aliphatic heterocycles. The van der Waals surface area contributed by atoms with E-state index in [9.17, 15) is 9.90 Å². The van der Waals surface area contributed by atoms with E-state index in [1.807, 2.05) is 0 Å². The molecule has 2 aromatic rings. The van der Waals surface area contributed by atoms with Gasteiger partial charge in [0.25, 0.3) is 0 Å². The van der Waals surface area contributed by atoms with Crippen molar-refractivity contribution in [3.63, 3.8) is 0 Å². The highest BCUT2D eigenvalue weighted by Gasteiger charge is 2.43. The molecule has 0 spiro atoms. The largest absolute Gasteiger partial charge is 0.481 e. The van der Waals surface area contributed by atoms with E-state index in [0.29, 0.717) is 16.9 Å². The van der Waals surface area contributed by atoms with E-state index in [-0.39, 0.29) is 6.42 Å². The zero-order valence-electron chi connectivity index (χ0n) is 20.8. The normalized spacial score (nSPS) is 15.2. The van der Waals surface area contributed by atoms with Gasteiger partial charge < -0.3 is 14.9 Å². The number of nitrogens with zero attached hydrogens (tertiary/aromatic N) is 2. The minimum Gasteiger partial charge on any atom is -0.481 e. The number of allylic oxidation sites excluding steroid dienone is 1. The van der Waals surface area contributed by atoms with Crippen LogP contribution in [0.1, 0.15) is 51.7 Å². The minimum atomic E-state index is -1.35. The van der Waals surface area contributed by atoms with E-state index in [0.717, 1.165) is 0 Å². The van der Waals surface area contributed by atoms with Crippen molar-refractivity contribution in [1.29, 1.82) is 0 Å². The molecule has 2 aromatic carbocycles. The van der Waals surface area contributed by atoms with Crippen LogP contribution in [0.2, 0.25) is 0 Å². The molecule has 0 bridgehead atoms. The standard InChI is InChI=1S/C27H38N2O2S/c1-18(2)32(19(3)4)25-16-20(28(5)6)12-14-23(25)22(10-9-11-27(30)31)24-15-13-21(29(7)8)17-26(24)32/h10,12-19H,9,11H2,1-8H3,(H,30,31). The lowest BCUT2D eigenvalue weighted by molar-refractivity contribution is -0.136. The van der Waals surface area contributed by atoms with Crippen LogP contribution in [0.25, 0.3) is 5.57 Å². The van der Waals surface area contributed by atoms with Gasteiger partial charge in [-0.25, -0.2) is 0 Å². The topological polar surface area (TPSA) is 43.8 Å². The Morgan fingerprint density at radius 2 is 1.31 bits per heavy atom. The van der Waals surface area contributed by atoms with Gasteiger partial charge in [0.05, 0.1) is 0 Å². The Bertz CT molecular complexity index is 966. The third-order valence-electron chi connectivity index (χ3n) is 6.47. The van der Waals surface area contributed by atoms with Crippen LogP contribution in [0.3, 0.4) is 0 Å². The first-order valence-electron chi connectivity index (χ1n) is 11.4. The molecule has 0 radical (unpaired) electrons. The Kier molecular flexibility index (Phi) is 6.99. The van der Waals surface area contributed by atoms with Gasteiger partial charge in [-0.05, 0) is 57.9 Å². The average Bonchev–Trinajstić information content (AvgIpc) is 2.71. The summed E-state index contributed by atoms with van der Waals surface area (Å²) in [7, 11) is 7.02. The summed E-state index contributed by atoms with van der Waals surface area (Å²) >= 11 is 0. The van der Waals surface area contributed by atoms with Crippen molar-refractivity contribution >= 4 is 32.9 Å². The second-order valence-corrected chi connectivity index (χ2v) is 13.7. The number of hydrogen-bond acceptors (Lipinski definition) is 3. The molecule has 5 heteroatoms. The molecule has 0 aliphatic carbocycles. The van der Waals surface area contributed by atoms with Crippen LogP contribution >= 0.6 is 10.0 Å². The van der Waals surface area contributed by atoms with Crippen LogP contribution < -0.4 is 9.80 Å². The number of anilines is 2. The van der Waals surface area contributed by atoms with Crippen LogP contribution in [-0.4, -0.2) is 49.8 Å². The minimum absolute atomic E-state index is 0.145. The number of carboxylic acids is 1. The van der Waals surface area contributed by atoms with Crippen LogP contribution in [0.5, 0.6) is 0 Å². The van der Waals surface area contributed by atoms with E-state index in [1.165, 1.54) is 37.9 Å². The van der Waals surface area contributed by atoms with E-state index < -0.39 is 16.0 Å². The lowest BCUT2D eigenvalue weighted by Gasteiger charge is -2.53. The Morgan fingerprint density at radius 3 is 1.66 bits per heavy atom. The van der Waals surface area contributed by atoms with Gasteiger partial charge in [0.2, 0.25) is 0 Å². The highest BCUT2D eigenvalue weighted by Crippen LogP contribution is 2.74. The van der Waals surface area contributed by atoms with Crippen LogP contribution in [-0.2, 0) is 4.79 Å². The smallest absolute Gasteiger partial charge is 0.303 e. The maximum atomic E-state index is 11.2. The van der Waals surface area contributed by atoms with Gasteiger partial charge in [-0.3, -0.25) is 4.79 Å². The van der Waals surface area contributed by atoms with Crippen molar-refractivity contribution in [2.45, 2.75) is 60.8 Å². The fourth-order valence-corrected chi connectivity index (χ4v) is 10.0. The molecule has 0 amide bonds. The molecule has 0 fully saturated rings. The Hall–Kier alpha value is -2.40. The Morgan fingerprint density at radius 1 is 0.875 bits per heavy atom. The molecule has 174 valence electrons. The molecule has 0 atom stereocenters. The van der Waals surface area contributed by atoms with E-state index in [1.54, 1.807) is 0 Å². The van der Waals surface area contributed by atoms with Gasteiger partial charge in [0.15, 0.2) is 0 Å². The van der Waals surface area contributed by atoms with E-state index in [4.69, 9.17) is 0 Å². The first-order valence-corrected chi connectivity index (χ1v) is 13.1. The predicted molar refractivity (Wildman–Crippen MR) is 140 cm³/mol. The SMILES string of the molecule is CC(C)S1(C(C)C)c2cc(N(C)C)ccc2C(=CCCC(=O)O)c2ccc(N(C)C)cc21. The molecule has 1 N–H and O–H groups in total. The fraction of sp³-hybridized carbons (Fsp3) is 0.444. The van der Waals surface area contributed by atoms with E-state index in [2.05, 4.69) is 108 Å². The van der Waals surface area contributed by atoms with Crippen molar-refractivity contribution in [2.24, 2.45) is 0 Å². The van der Waals surface area contributed by atoms with Crippen LogP contribution in [0.15, 0.2) is 52.3 Å². The lowest BCUT2D eigenvalue weighted by atomic mass is 9.95.